The fourth-order valence-electron chi connectivity index (χ4n) is 1.94. The van der Waals surface area contributed by atoms with Crippen LogP contribution in [0.5, 0.6) is 0 Å². The molecule has 0 aliphatic carbocycles. The van der Waals surface area contributed by atoms with Gasteiger partial charge in [0.2, 0.25) is 11.8 Å². The Bertz CT molecular complexity index is 814. The standard InChI is InChI=1S/C17H19N3O4S/c1-9(2)15(22)20-17-18-12(8-25-17)7-14(21)19-13-6-11(16(23)24)5-4-10(13)3/h4-6,8-9H,7H2,1-3H3,(H,19,21)(H,23,24)(H,18,20,22). The number of carbonyl (C=O) groups is 3. The highest BCUT2D eigenvalue weighted by atomic mass is 32.1. The summed E-state index contributed by atoms with van der Waals surface area (Å²) in [5.41, 5.74) is 1.86. The van der Waals surface area contributed by atoms with Crippen LogP contribution in [0.4, 0.5) is 10.8 Å². The molecule has 0 unspecified atom stereocenters. The van der Waals surface area contributed by atoms with Crippen LogP contribution >= 0.6 is 11.3 Å². The minimum absolute atomic E-state index is 0.0325. The van der Waals surface area contributed by atoms with Crippen LogP contribution in [0, 0.1) is 12.8 Å². The molecule has 0 atom stereocenters. The van der Waals surface area contributed by atoms with Gasteiger partial charge >= 0.3 is 5.97 Å². The predicted molar refractivity (Wildman–Crippen MR) is 96.1 cm³/mol. The fourth-order valence-corrected chi connectivity index (χ4v) is 2.66. The number of carboxylic acids is 1. The molecular formula is C17H19N3O4S. The summed E-state index contributed by atoms with van der Waals surface area (Å²) in [4.78, 5) is 39.0. The Kier molecular flexibility index (Phi) is 5.87. The Morgan fingerprint density at radius 3 is 2.60 bits per heavy atom. The first-order chi connectivity index (χ1) is 11.8. The van der Waals surface area contributed by atoms with Crippen LogP contribution in [-0.2, 0) is 16.0 Å². The van der Waals surface area contributed by atoms with Gasteiger partial charge in [-0.3, -0.25) is 9.59 Å². The lowest BCUT2D eigenvalue weighted by Crippen LogP contribution is -2.18. The van der Waals surface area contributed by atoms with Crippen LogP contribution in [0.2, 0.25) is 0 Å². The van der Waals surface area contributed by atoms with Crippen molar-refractivity contribution in [2.24, 2.45) is 5.92 Å². The summed E-state index contributed by atoms with van der Waals surface area (Å²) in [6.07, 6.45) is 0.0325. The number of aryl methyl sites for hydroxylation is 1. The Morgan fingerprint density at radius 1 is 1.24 bits per heavy atom. The normalized spacial score (nSPS) is 10.6. The summed E-state index contributed by atoms with van der Waals surface area (Å²) >= 11 is 1.25. The number of aromatic nitrogens is 1. The van der Waals surface area contributed by atoms with Crippen LogP contribution in [0.15, 0.2) is 23.6 Å². The first-order valence-electron chi connectivity index (χ1n) is 7.65. The van der Waals surface area contributed by atoms with Crippen LogP contribution in [0.25, 0.3) is 0 Å². The largest absolute Gasteiger partial charge is 0.478 e. The van der Waals surface area contributed by atoms with Crippen molar-refractivity contribution in [3.05, 3.63) is 40.4 Å². The molecule has 25 heavy (non-hydrogen) atoms. The van der Waals surface area contributed by atoms with Gasteiger partial charge < -0.3 is 15.7 Å². The number of hydrogen-bond donors (Lipinski definition) is 3. The molecule has 3 N–H and O–H groups in total. The average molecular weight is 361 g/mol. The Morgan fingerprint density at radius 2 is 1.96 bits per heavy atom. The summed E-state index contributed by atoms with van der Waals surface area (Å²) in [5, 5.41) is 16.6. The summed E-state index contributed by atoms with van der Waals surface area (Å²) in [6.45, 7) is 5.35. The van der Waals surface area contributed by atoms with E-state index in [0.717, 1.165) is 5.56 Å². The Labute approximate surface area is 149 Å². The van der Waals surface area contributed by atoms with Gasteiger partial charge in [-0.25, -0.2) is 9.78 Å². The molecule has 2 rings (SSSR count). The number of anilines is 2. The van der Waals surface area contributed by atoms with Crippen LogP contribution in [0.3, 0.4) is 0 Å². The first-order valence-corrected chi connectivity index (χ1v) is 8.53. The van der Waals surface area contributed by atoms with E-state index < -0.39 is 5.97 Å². The monoisotopic (exact) mass is 361 g/mol. The van der Waals surface area contributed by atoms with E-state index >= 15 is 0 Å². The topological polar surface area (TPSA) is 108 Å². The van der Waals surface area contributed by atoms with Crippen molar-refractivity contribution >= 4 is 39.9 Å². The smallest absolute Gasteiger partial charge is 0.335 e. The zero-order valence-corrected chi connectivity index (χ0v) is 14.9. The number of carbonyl (C=O) groups excluding carboxylic acids is 2. The fraction of sp³-hybridized carbons (Fsp3) is 0.294. The third-order valence-electron chi connectivity index (χ3n) is 3.41. The molecule has 7 nitrogen and oxygen atoms in total. The highest BCUT2D eigenvalue weighted by molar-refractivity contribution is 7.13. The number of nitrogens with zero attached hydrogens (tertiary/aromatic N) is 1. The van der Waals surface area contributed by atoms with E-state index in [1.165, 1.54) is 23.5 Å². The Hall–Kier alpha value is -2.74. The third kappa shape index (κ3) is 5.12. The van der Waals surface area contributed by atoms with Gasteiger partial charge in [-0.2, -0.15) is 0 Å². The summed E-state index contributed by atoms with van der Waals surface area (Å²) in [7, 11) is 0. The lowest BCUT2D eigenvalue weighted by Gasteiger charge is -2.08. The van der Waals surface area contributed by atoms with Crippen molar-refractivity contribution in [2.75, 3.05) is 10.6 Å². The Balaban J connectivity index is 2.01. The summed E-state index contributed by atoms with van der Waals surface area (Å²) in [5.74, 6) is -1.65. The maximum absolute atomic E-state index is 12.2. The van der Waals surface area contributed by atoms with Crippen LogP contribution < -0.4 is 10.6 Å². The third-order valence-corrected chi connectivity index (χ3v) is 4.21. The van der Waals surface area contributed by atoms with Gasteiger partial charge in [-0.15, -0.1) is 11.3 Å². The maximum Gasteiger partial charge on any atom is 0.335 e. The number of carboxylic acid groups (broad SMARTS) is 1. The molecule has 0 saturated heterocycles. The minimum Gasteiger partial charge on any atom is -0.478 e. The molecule has 1 aromatic carbocycles. The van der Waals surface area contributed by atoms with E-state index in [9.17, 15) is 14.4 Å². The summed E-state index contributed by atoms with van der Waals surface area (Å²) < 4.78 is 0. The van der Waals surface area contributed by atoms with Crippen molar-refractivity contribution < 1.29 is 19.5 Å². The van der Waals surface area contributed by atoms with Gasteiger partial charge in [-0.1, -0.05) is 19.9 Å². The zero-order chi connectivity index (χ0) is 18.6. The molecule has 2 aromatic rings. The maximum atomic E-state index is 12.2. The van der Waals surface area contributed by atoms with Gasteiger partial charge in [0.1, 0.15) is 0 Å². The number of amides is 2. The van der Waals surface area contributed by atoms with Crippen molar-refractivity contribution in [1.29, 1.82) is 0 Å². The molecule has 0 saturated carbocycles. The van der Waals surface area contributed by atoms with Crippen molar-refractivity contribution in [3.8, 4) is 0 Å². The van der Waals surface area contributed by atoms with Gasteiger partial charge in [0.25, 0.3) is 0 Å². The molecule has 1 heterocycles. The quantitative estimate of drug-likeness (QED) is 0.733. The van der Waals surface area contributed by atoms with Gasteiger partial charge in [0.05, 0.1) is 17.7 Å². The minimum atomic E-state index is -1.06. The van der Waals surface area contributed by atoms with E-state index in [2.05, 4.69) is 15.6 Å². The van der Waals surface area contributed by atoms with Gasteiger partial charge in [0, 0.05) is 17.0 Å². The molecule has 132 valence electrons. The highest BCUT2D eigenvalue weighted by Gasteiger charge is 2.13. The number of benzene rings is 1. The molecule has 8 heteroatoms. The molecule has 2 amide bonds. The van der Waals surface area contributed by atoms with Gasteiger partial charge in [-0.05, 0) is 24.6 Å². The van der Waals surface area contributed by atoms with Gasteiger partial charge in [0.15, 0.2) is 5.13 Å². The molecule has 0 aliphatic heterocycles. The van der Waals surface area contributed by atoms with E-state index in [4.69, 9.17) is 5.11 Å². The van der Waals surface area contributed by atoms with Crippen LogP contribution in [0.1, 0.15) is 35.5 Å². The SMILES string of the molecule is Cc1ccc(C(=O)O)cc1NC(=O)Cc1csc(NC(=O)C(C)C)n1. The van der Waals surface area contributed by atoms with E-state index in [-0.39, 0.29) is 29.7 Å². The van der Waals surface area contributed by atoms with E-state index in [1.54, 1.807) is 32.2 Å². The lowest BCUT2D eigenvalue weighted by molar-refractivity contribution is -0.119. The molecule has 0 aliphatic rings. The lowest BCUT2D eigenvalue weighted by atomic mass is 10.1. The number of hydrogen-bond acceptors (Lipinski definition) is 5. The first kappa shape index (κ1) is 18.6. The molecule has 0 fully saturated rings. The van der Waals surface area contributed by atoms with Crippen molar-refractivity contribution in [2.45, 2.75) is 27.2 Å². The number of aromatic carboxylic acids is 1. The zero-order valence-electron chi connectivity index (χ0n) is 14.1. The van der Waals surface area contributed by atoms with E-state index in [0.29, 0.717) is 16.5 Å². The molecule has 1 aromatic heterocycles. The molecular weight excluding hydrogens is 342 g/mol. The molecule has 0 spiro atoms. The number of thiazole rings is 1. The second-order valence-electron chi connectivity index (χ2n) is 5.85. The predicted octanol–water partition coefficient (Wildman–Crippen LogP) is 2.93. The number of nitrogens with one attached hydrogen (secondary N) is 2. The van der Waals surface area contributed by atoms with Crippen molar-refractivity contribution in [3.63, 3.8) is 0 Å². The summed E-state index contributed by atoms with van der Waals surface area (Å²) in [6, 6.07) is 4.55. The highest BCUT2D eigenvalue weighted by Crippen LogP contribution is 2.19. The van der Waals surface area contributed by atoms with Crippen molar-refractivity contribution in [1.82, 2.24) is 4.98 Å². The number of rotatable bonds is 6. The second kappa shape index (κ2) is 7.89. The average Bonchev–Trinajstić information content (AvgIpc) is 2.95. The molecule has 0 bridgehead atoms. The van der Waals surface area contributed by atoms with Crippen LogP contribution in [-0.4, -0.2) is 27.9 Å². The molecule has 0 radical (unpaired) electrons. The van der Waals surface area contributed by atoms with E-state index in [1.807, 2.05) is 0 Å². The second-order valence-corrected chi connectivity index (χ2v) is 6.71.